The minimum atomic E-state index is -5.05. The first kappa shape index (κ1) is 23.4. The number of aromatic nitrogens is 2. The largest absolute Gasteiger partial charge is 0.496 e. The first-order valence-corrected chi connectivity index (χ1v) is 10.0. The summed E-state index contributed by atoms with van der Waals surface area (Å²) in [4.78, 5) is 19.7. The third-order valence-corrected chi connectivity index (χ3v) is 5.66. The Morgan fingerprint density at radius 2 is 1.94 bits per heavy atom. The summed E-state index contributed by atoms with van der Waals surface area (Å²) in [5.74, 6) is -0.698. The van der Waals surface area contributed by atoms with E-state index in [-0.39, 0.29) is 13.1 Å². The molecule has 1 N–H and O–H groups in total. The number of ether oxygens (including phenoxy) is 1. The van der Waals surface area contributed by atoms with Crippen molar-refractivity contribution >= 4 is 17.5 Å². The molecule has 31 heavy (non-hydrogen) atoms. The molecular formula is C20H24ClF3N4O3. The monoisotopic (exact) mass is 460 g/mol. The highest BCUT2D eigenvalue weighted by atomic mass is 35.5. The molecule has 1 fully saturated rings. The van der Waals surface area contributed by atoms with E-state index in [0.29, 0.717) is 30.4 Å². The maximum Gasteiger partial charge on any atom is 0.425 e. The summed E-state index contributed by atoms with van der Waals surface area (Å²) in [5.41, 5.74) is -2.47. The van der Waals surface area contributed by atoms with Gasteiger partial charge in [0.2, 0.25) is 11.5 Å². The van der Waals surface area contributed by atoms with Crippen molar-refractivity contribution in [3.8, 4) is 5.75 Å². The van der Waals surface area contributed by atoms with Gasteiger partial charge >= 0.3 is 6.18 Å². The van der Waals surface area contributed by atoms with Crippen molar-refractivity contribution in [2.24, 2.45) is 7.05 Å². The minimum Gasteiger partial charge on any atom is -0.496 e. The van der Waals surface area contributed by atoms with Gasteiger partial charge in [-0.1, -0.05) is 11.6 Å². The smallest absolute Gasteiger partial charge is 0.425 e. The second-order valence-corrected chi connectivity index (χ2v) is 7.95. The minimum absolute atomic E-state index is 0.246. The van der Waals surface area contributed by atoms with Crippen molar-refractivity contribution < 1.29 is 27.8 Å². The van der Waals surface area contributed by atoms with Crippen molar-refractivity contribution in [3.05, 3.63) is 47.0 Å². The van der Waals surface area contributed by atoms with Crippen LogP contribution in [-0.2, 0) is 24.0 Å². The molecule has 0 saturated carbocycles. The maximum absolute atomic E-state index is 13.7. The zero-order valence-electron chi connectivity index (χ0n) is 17.2. The van der Waals surface area contributed by atoms with E-state index in [1.54, 1.807) is 25.3 Å². The van der Waals surface area contributed by atoms with Crippen molar-refractivity contribution in [1.82, 2.24) is 19.4 Å². The van der Waals surface area contributed by atoms with E-state index in [2.05, 4.69) is 9.88 Å². The number of carbonyl (C=O) groups excluding carboxylic acids is 1. The van der Waals surface area contributed by atoms with Crippen LogP contribution >= 0.6 is 11.6 Å². The van der Waals surface area contributed by atoms with Gasteiger partial charge in [0.25, 0.3) is 0 Å². The van der Waals surface area contributed by atoms with E-state index in [1.165, 1.54) is 18.1 Å². The highest BCUT2D eigenvalue weighted by Gasteiger charge is 2.59. The van der Waals surface area contributed by atoms with Crippen LogP contribution in [0.3, 0.4) is 0 Å². The molecule has 1 aliphatic rings. The molecule has 0 aliphatic carbocycles. The average molecular weight is 461 g/mol. The summed E-state index contributed by atoms with van der Waals surface area (Å²) >= 11 is 6.06. The molecule has 3 rings (SSSR count). The van der Waals surface area contributed by atoms with Gasteiger partial charge < -0.3 is 19.3 Å². The molecule has 170 valence electrons. The molecule has 1 aromatic heterocycles. The zero-order chi connectivity index (χ0) is 22.8. The molecule has 1 aliphatic heterocycles. The number of alkyl halides is 3. The van der Waals surface area contributed by atoms with Gasteiger partial charge in [-0.25, -0.2) is 4.98 Å². The third-order valence-electron chi connectivity index (χ3n) is 5.43. The molecule has 1 saturated heterocycles. The van der Waals surface area contributed by atoms with Crippen LogP contribution < -0.4 is 4.74 Å². The van der Waals surface area contributed by atoms with Crippen LogP contribution in [0.1, 0.15) is 17.8 Å². The molecule has 7 nitrogen and oxygen atoms in total. The van der Waals surface area contributed by atoms with Gasteiger partial charge in [0, 0.05) is 62.8 Å². The Morgan fingerprint density at radius 3 is 2.48 bits per heavy atom. The number of halogens is 4. The molecule has 2 aromatic rings. The number of aliphatic hydroxyl groups is 1. The Labute approximate surface area is 183 Å². The van der Waals surface area contributed by atoms with Gasteiger partial charge in [0.05, 0.1) is 13.5 Å². The van der Waals surface area contributed by atoms with E-state index >= 15 is 0 Å². The number of imidazole rings is 1. The standard InChI is InChI=1S/C20H24ClF3N4O3/c1-26-6-5-25-18(26)19(30,20(22,23)24)12-17(29)28-9-7-27(8-10-28)13-14-11-15(21)3-4-16(14)31-2/h3-6,11,30H,7-10,12-13H2,1-2H3. The summed E-state index contributed by atoms with van der Waals surface area (Å²) in [5, 5.41) is 11.0. The summed E-state index contributed by atoms with van der Waals surface area (Å²) in [6.07, 6.45) is -3.73. The Hall–Kier alpha value is -2.30. The van der Waals surface area contributed by atoms with Gasteiger partial charge in [-0.05, 0) is 18.2 Å². The lowest BCUT2D eigenvalue weighted by Gasteiger charge is -2.37. The predicted molar refractivity (Wildman–Crippen MR) is 108 cm³/mol. The molecule has 1 unspecified atom stereocenters. The maximum atomic E-state index is 13.7. The molecule has 2 heterocycles. The number of benzene rings is 1. The van der Waals surface area contributed by atoms with Crippen molar-refractivity contribution in [1.29, 1.82) is 0 Å². The Morgan fingerprint density at radius 1 is 1.26 bits per heavy atom. The number of hydrogen-bond donors (Lipinski definition) is 1. The average Bonchev–Trinajstić information content (AvgIpc) is 3.14. The quantitative estimate of drug-likeness (QED) is 0.717. The fourth-order valence-electron chi connectivity index (χ4n) is 3.67. The fraction of sp³-hybridized carbons (Fsp3) is 0.500. The lowest BCUT2D eigenvalue weighted by atomic mass is 9.96. The SMILES string of the molecule is COc1ccc(Cl)cc1CN1CCN(C(=O)CC(O)(c2nccn2C)C(F)(F)F)CC1. The first-order valence-electron chi connectivity index (χ1n) is 9.64. The lowest BCUT2D eigenvalue weighted by molar-refractivity contribution is -0.272. The second-order valence-electron chi connectivity index (χ2n) is 7.51. The van der Waals surface area contributed by atoms with Gasteiger partial charge in [0.15, 0.2) is 5.82 Å². The zero-order valence-corrected chi connectivity index (χ0v) is 17.9. The first-order chi connectivity index (χ1) is 14.5. The Balaban J connectivity index is 1.65. The fourth-order valence-corrected chi connectivity index (χ4v) is 3.86. The van der Waals surface area contributed by atoms with Crippen LogP contribution in [0.5, 0.6) is 5.75 Å². The van der Waals surface area contributed by atoms with Crippen LogP contribution in [0.25, 0.3) is 0 Å². The summed E-state index contributed by atoms with van der Waals surface area (Å²) in [6.45, 7) is 1.96. The van der Waals surface area contributed by atoms with Gasteiger partial charge in [-0.2, -0.15) is 13.2 Å². The van der Waals surface area contributed by atoms with Crippen LogP contribution in [0, 0.1) is 0 Å². The third kappa shape index (κ3) is 4.97. The molecule has 11 heteroatoms. The van der Waals surface area contributed by atoms with Crippen LogP contribution in [0.4, 0.5) is 13.2 Å². The number of rotatable bonds is 6. The number of hydrogen-bond acceptors (Lipinski definition) is 5. The van der Waals surface area contributed by atoms with E-state index in [4.69, 9.17) is 16.3 Å². The lowest BCUT2D eigenvalue weighted by Crippen LogP contribution is -2.52. The Kier molecular flexibility index (Phi) is 6.82. The van der Waals surface area contributed by atoms with Crippen molar-refractivity contribution in [2.75, 3.05) is 33.3 Å². The van der Waals surface area contributed by atoms with Gasteiger partial charge in [-0.15, -0.1) is 0 Å². The number of methoxy groups -OCH3 is 1. The molecule has 0 bridgehead atoms. The van der Waals surface area contributed by atoms with E-state index < -0.39 is 29.9 Å². The molecule has 0 radical (unpaired) electrons. The van der Waals surface area contributed by atoms with Gasteiger partial charge in [0.1, 0.15) is 5.75 Å². The highest BCUT2D eigenvalue weighted by Crippen LogP contribution is 2.41. The molecule has 1 atom stereocenters. The van der Waals surface area contributed by atoms with Crippen molar-refractivity contribution in [2.45, 2.75) is 24.7 Å². The van der Waals surface area contributed by atoms with Crippen LogP contribution in [-0.4, -0.2) is 69.8 Å². The van der Waals surface area contributed by atoms with E-state index in [9.17, 15) is 23.1 Å². The summed E-state index contributed by atoms with van der Waals surface area (Å²) in [6, 6.07) is 5.30. The molecule has 0 spiro atoms. The number of piperazine rings is 1. The highest BCUT2D eigenvalue weighted by molar-refractivity contribution is 6.30. The topological polar surface area (TPSA) is 70.8 Å². The second kappa shape index (κ2) is 9.05. The molecular weight excluding hydrogens is 437 g/mol. The van der Waals surface area contributed by atoms with E-state index in [1.807, 2.05) is 0 Å². The molecule has 1 aromatic carbocycles. The number of nitrogens with zero attached hydrogens (tertiary/aromatic N) is 4. The van der Waals surface area contributed by atoms with E-state index in [0.717, 1.165) is 16.3 Å². The summed E-state index contributed by atoms with van der Waals surface area (Å²) in [7, 11) is 2.90. The van der Waals surface area contributed by atoms with Crippen LogP contribution in [0.2, 0.25) is 5.02 Å². The molecule has 1 amide bonds. The number of aryl methyl sites for hydroxylation is 1. The number of amides is 1. The predicted octanol–water partition coefficient (Wildman–Crippen LogP) is 2.57. The number of carbonyl (C=O) groups is 1. The summed E-state index contributed by atoms with van der Waals surface area (Å²) < 4.78 is 47.4. The van der Waals surface area contributed by atoms with Crippen molar-refractivity contribution in [3.63, 3.8) is 0 Å². The Bertz CT molecular complexity index is 929. The van der Waals surface area contributed by atoms with Crippen LogP contribution in [0.15, 0.2) is 30.6 Å². The normalized spacial score (nSPS) is 17.5. The van der Waals surface area contributed by atoms with Gasteiger partial charge in [-0.3, -0.25) is 9.69 Å².